The van der Waals surface area contributed by atoms with Crippen LogP contribution >= 0.6 is 0 Å². The molecule has 0 aliphatic heterocycles. The maximum absolute atomic E-state index is 12.8. The monoisotopic (exact) mass is 429 g/mol. The van der Waals surface area contributed by atoms with E-state index in [-0.39, 0.29) is 18.9 Å². The average molecular weight is 429 g/mol. The van der Waals surface area contributed by atoms with E-state index in [0.29, 0.717) is 23.1 Å². The Morgan fingerprint density at radius 2 is 1.69 bits per heavy atom. The highest BCUT2D eigenvalue weighted by atomic mass is 16.5. The summed E-state index contributed by atoms with van der Waals surface area (Å²) in [6.45, 7) is 3.81. The van der Waals surface area contributed by atoms with Crippen LogP contribution in [-0.4, -0.2) is 32.5 Å². The Kier molecular flexibility index (Phi) is 5.98. The molecule has 7 heteroatoms. The first-order chi connectivity index (χ1) is 15.4. The number of benzene rings is 2. The maximum atomic E-state index is 12.8. The van der Waals surface area contributed by atoms with Gasteiger partial charge in [0.1, 0.15) is 6.54 Å². The fourth-order valence-corrected chi connectivity index (χ4v) is 3.77. The first-order valence-electron chi connectivity index (χ1n) is 10.3. The number of aryl methyl sites for hydroxylation is 1. The van der Waals surface area contributed by atoms with Crippen molar-refractivity contribution >= 4 is 22.8 Å². The maximum Gasteiger partial charge on any atom is 0.326 e. The van der Waals surface area contributed by atoms with E-state index >= 15 is 0 Å². The van der Waals surface area contributed by atoms with Gasteiger partial charge >= 0.3 is 5.97 Å². The Labute approximate surface area is 184 Å². The third-order valence-corrected chi connectivity index (χ3v) is 5.46. The molecule has 2 aromatic heterocycles. The molecular formula is C25H23N3O4. The van der Waals surface area contributed by atoms with E-state index in [1.807, 2.05) is 50.2 Å². The van der Waals surface area contributed by atoms with E-state index in [2.05, 4.69) is 9.55 Å². The van der Waals surface area contributed by atoms with Crippen LogP contribution < -0.4 is 5.56 Å². The predicted octanol–water partition coefficient (Wildman–Crippen LogP) is 3.29. The summed E-state index contributed by atoms with van der Waals surface area (Å²) >= 11 is 0. The highest BCUT2D eigenvalue weighted by Crippen LogP contribution is 2.18. The minimum absolute atomic E-state index is 0.280. The second-order valence-electron chi connectivity index (χ2n) is 7.61. The van der Waals surface area contributed by atoms with Gasteiger partial charge in [-0.3, -0.25) is 19.0 Å². The average Bonchev–Trinajstić information content (AvgIpc) is 3.08. The van der Waals surface area contributed by atoms with Gasteiger partial charge in [-0.05, 0) is 37.6 Å². The van der Waals surface area contributed by atoms with Crippen molar-refractivity contribution in [3.05, 3.63) is 99.7 Å². The molecule has 162 valence electrons. The van der Waals surface area contributed by atoms with Crippen molar-refractivity contribution in [1.82, 2.24) is 14.1 Å². The molecule has 0 aliphatic carbocycles. The highest BCUT2D eigenvalue weighted by Gasteiger charge is 2.18. The van der Waals surface area contributed by atoms with Crippen molar-refractivity contribution in [2.24, 2.45) is 0 Å². The molecule has 0 amide bonds. The van der Waals surface area contributed by atoms with Crippen molar-refractivity contribution in [2.45, 2.75) is 26.9 Å². The molecule has 0 spiro atoms. The van der Waals surface area contributed by atoms with Crippen molar-refractivity contribution in [1.29, 1.82) is 0 Å². The SMILES string of the molecule is Cc1cc(C(=O)COC(=O)Cn2c(=O)cnc3ccccc32)c(C)n1Cc1ccccc1. The molecule has 32 heavy (non-hydrogen) atoms. The third kappa shape index (κ3) is 4.37. The number of nitrogens with zero attached hydrogens (tertiary/aromatic N) is 3. The van der Waals surface area contributed by atoms with E-state index in [4.69, 9.17) is 4.74 Å². The Hall–Kier alpha value is -4.00. The lowest BCUT2D eigenvalue weighted by Gasteiger charge is -2.11. The van der Waals surface area contributed by atoms with Gasteiger partial charge in [0.2, 0.25) is 5.78 Å². The van der Waals surface area contributed by atoms with Gasteiger partial charge in [-0.15, -0.1) is 0 Å². The van der Waals surface area contributed by atoms with Crippen molar-refractivity contribution < 1.29 is 14.3 Å². The second kappa shape index (κ2) is 9.01. The zero-order chi connectivity index (χ0) is 22.7. The number of rotatable bonds is 7. The highest BCUT2D eigenvalue weighted by molar-refractivity contribution is 5.99. The van der Waals surface area contributed by atoms with Gasteiger partial charge in [-0.25, -0.2) is 4.98 Å². The van der Waals surface area contributed by atoms with Crippen molar-refractivity contribution in [3.8, 4) is 0 Å². The Balaban J connectivity index is 1.44. The normalized spacial score (nSPS) is 10.9. The zero-order valence-corrected chi connectivity index (χ0v) is 17.9. The van der Waals surface area contributed by atoms with E-state index in [1.54, 1.807) is 24.3 Å². The van der Waals surface area contributed by atoms with E-state index in [1.165, 1.54) is 10.8 Å². The largest absolute Gasteiger partial charge is 0.456 e. The number of esters is 1. The van der Waals surface area contributed by atoms with Gasteiger partial charge in [-0.1, -0.05) is 42.5 Å². The summed E-state index contributed by atoms with van der Waals surface area (Å²) in [4.78, 5) is 41.4. The third-order valence-electron chi connectivity index (χ3n) is 5.46. The van der Waals surface area contributed by atoms with Crippen LogP contribution in [0.3, 0.4) is 0 Å². The van der Waals surface area contributed by atoms with Crippen LogP contribution in [0.1, 0.15) is 27.3 Å². The number of aromatic nitrogens is 3. The molecular weight excluding hydrogens is 406 g/mol. The fraction of sp³-hybridized carbons (Fsp3) is 0.200. The molecule has 7 nitrogen and oxygen atoms in total. The molecule has 0 saturated carbocycles. The number of Topliss-reactive ketones (excluding diaryl/α,β-unsaturated/α-hetero) is 1. The van der Waals surface area contributed by atoms with Crippen LogP contribution in [0.25, 0.3) is 11.0 Å². The minimum Gasteiger partial charge on any atom is -0.456 e. The molecule has 0 N–H and O–H groups in total. The van der Waals surface area contributed by atoms with Crippen molar-refractivity contribution in [2.75, 3.05) is 6.61 Å². The lowest BCUT2D eigenvalue weighted by Crippen LogP contribution is -2.27. The topological polar surface area (TPSA) is 83.2 Å². The quantitative estimate of drug-likeness (QED) is 0.333. The molecule has 0 unspecified atom stereocenters. The van der Waals surface area contributed by atoms with E-state index < -0.39 is 11.5 Å². The van der Waals surface area contributed by atoms with E-state index in [9.17, 15) is 14.4 Å². The molecule has 0 saturated heterocycles. The minimum atomic E-state index is -0.658. The first kappa shape index (κ1) is 21.2. The van der Waals surface area contributed by atoms with Crippen LogP contribution in [0.15, 0.2) is 71.7 Å². The summed E-state index contributed by atoms with van der Waals surface area (Å²) in [6, 6.07) is 18.8. The van der Waals surface area contributed by atoms with Gasteiger partial charge in [0, 0.05) is 23.5 Å². The Bertz CT molecular complexity index is 1350. The zero-order valence-electron chi connectivity index (χ0n) is 17.9. The number of carbonyl (C=O) groups is 2. The lowest BCUT2D eigenvalue weighted by atomic mass is 10.1. The molecule has 4 aromatic rings. The molecule has 0 bridgehead atoms. The standard InChI is InChI=1S/C25H23N3O4/c1-17-12-20(18(2)27(17)14-19-8-4-3-5-9-19)23(29)16-32-25(31)15-28-22-11-7-6-10-21(22)26-13-24(28)30/h3-13H,14-16H2,1-2H3. The summed E-state index contributed by atoms with van der Waals surface area (Å²) in [5.74, 6) is -0.937. The number of ether oxygens (including phenoxy) is 1. The molecule has 0 aliphatic rings. The molecule has 0 radical (unpaired) electrons. The fourth-order valence-electron chi connectivity index (χ4n) is 3.77. The molecule has 0 fully saturated rings. The number of carbonyl (C=O) groups excluding carboxylic acids is 2. The summed E-state index contributed by atoms with van der Waals surface area (Å²) in [6.07, 6.45) is 1.17. The number of hydrogen-bond donors (Lipinski definition) is 0. The van der Waals surface area contributed by atoms with Crippen LogP contribution in [0.4, 0.5) is 0 Å². The van der Waals surface area contributed by atoms with Crippen LogP contribution in [0, 0.1) is 13.8 Å². The predicted molar refractivity (Wildman–Crippen MR) is 121 cm³/mol. The van der Waals surface area contributed by atoms with Crippen LogP contribution in [0.2, 0.25) is 0 Å². The number of para-hydroxylation sites is 2. The number of fused-ring (bicyclic) bond motifs is 1. The molecule has 2 heterocycles. The summed E-state index contributed by atoms with van der Waals surface area (Å²) < 4.78 is 8.57. The number of hydrogen-bond acceptors (Lipinski definition) is 5. The Morgan fingerprint density at radius 1 is 0.969 bits per heavy atom. The molecule has 0 atom stereocenters. The summed E-state index contributed by atoms with van der Waals surface area (Å²) in [7, 11) is 0. The Morgan fingerprint density at radius 3 is 2.47 bits per heavy atom. The summed E-state index contributed by atoms with van der Waals surface area (Å²) in [5.41, 5.74) is 4.16. The van der Waals surface area contributed by atoms with Crippen LogP contribution in [-0.2, 0) is 22.6 Å². The van der Waals surface area contributed by atoms with Gasteiger partial charge in [0.05, 0.1) is 17.2 Å². The van der Waals surface area contributed by atoms with Gasteiger partial charge < -0.3 is 9.30 Å². The molecule has 2 aromatic carbocycles. The van der Waals surface area contributed by atoms with Gasteiger partial charge in [0.15, 0.2) is 6.61 Å². The lowest BCUT2D eigenvalue weighted by molar-refractivity contribution is -0.143. The van der Waals surface area contributed by atoms with Gasteiger partial charge in [-0.2, -0.15) is 0 Å². The number of ketones is 1. The molecule has 4 rings (SSSR count). The van der Waals surface area contributed by atoms with Gasteiger partial charge in [0.25, 0.3) is 5.56 Å². The van der Waals surface area contributed by atoms with E-state index in [0.717, 1.165) is 17.0 Å². The smallest absolute Gasteiger partial charge is 0.326 e. The first-order valence-corrected chi connectivity index (χ1v) is 10.3. The summed E-state index contributed by atoms with van der Waals surface area (Å²) in [5, 5.41) is 0. The van der Waals surface area contributed by atoms with Crippen LogP contribution in [0.5, 0.6) is 0 Å². The second-order valence-corrected chi connectivity index (χ2v) is 7.61. The van der Waals surface area contributed by atoms with Crippen molar-refractivity contribution in [3.63, 3.8) is 0 Å².